The average Bonchev–Trinajstić information content (AvgIpc) is 2.29. The minimum Gasteiger partial charge on any atom is -0.433 e. The Labute approximate surface area is 116 Å². The summed E-state index contributed by atoms with van der Waals surface area (Å²) in [5, 5.41) is 9.36. The van der Waals surface area contributed by atoms with E-state index in [9.17, 15) is 13.9 Å². The third-order valence-electron chi connectivity index (χ3n) is 2.59. The van der Waals surface area contributed by atoms with E-state index in [1.807, 2.05) is 11.9 Å². The summed E-state index contributed by atoms with van der Waals surface area (Å²) >= 11 is 5.87. The molecule has 0 aliphatic carbocycles. The number of alkyl halides is 2. The molecule has 0 aliphatic heterocycles. The maximum absolute atomic E-state index is 12.1. The molecule has 1 aromatic carbocycles. The van der Waals surface area contributed by atoms with Crippen LogP contribution in [0, 0.1) is 0 Å². The van der Waals surface area contributed by atoms with Gasteiger partial charge in [0.25, 0.3) is 0 Å². The Balaban J connectivity index is 2.58. The summed E-state index contributed by atoms with van der Waals surface area (Å²) in [5.41, 5.74) is 0.903. The minimum absolute atomic E-state index is 0.0212. The Morgan fingerprint density at radius 3 is 2.63 bits per heavy atom. The van der Waals surface area contributed by atoms with E-state index >= 15 is 0 Å². The molecule has 0 saturated carbocycles. The molecule has 6 heteroatoms. The van der Waals surface area contributed by atoms with Gasteiger partial charge in [-0.05, 0) is 38.1 Å². The van der Waals surface area contributed by atoms with E-state index < -0.39 is 6.61 Å². The Bertz CT molecular complexity index is 402. The second kappa shape index (κ2) is 7.62. The third-order valence-corrected chi connectivity index (χ3v) is 2.89. The van der Waals surface area contributed by atoms with Crippen molar-refractivity contribution in [3.63, 3.8) is 0 Å². The highest BCUT2D eigenvalue weighted by atomic mass is 35.5. The van der Waals surface area contributed by atoms with Gasteiger partial charge in [-0.15, -0.1) is 0 Å². The fourth-order valence-electron chi connectivity index (χ4n) is 1.63. The SMILES string of the molecule is CC(O)CCN(C)Cc1ccc(OC(F)F)c(Cl)c1. The zero-order chi connectivity index (χ0) is 14.4. The lowest BCUT2D eigenvalue weighted by atomic mass is 10.2. The molecule has 1 atom stereocenters. The van der Waals surface area contributed by atoms with Crippen LogP contribution in [0.3, 0.4) is 0 Å². The van der Waals surface area contributed by atoms with Gasteiger partial charge < -0.3 is 14.7 Å². The van der Waals surface area contributed by atoms with Crippen LogP contribution in [-0.4, -0.2) is 36.3 Å². The molecule has 19 heavy (non-hydrogen) atoms. The van der Waals surface area contributed by atoms with Crippen LogP contribution in [0.15, 0.2) is 18.2 Å². The number of hydrogen-bond donors (Lipinski definition) is 1. The van der Waals surface area contributed by atoms with Gasteiger partial charge in [0.1, 0.15) is 5.75 Å². The molecule has 0 aliphatic rings. The van der Waals surface area contributed by atoms with Crippen molar-refractivity contribution < 1.29 is 18.6 Å². The first-order valence-corrected chi connectivity index (χ1v) is 6.36. The van der Waals surface area contributed by atoms with E-state index in [1.165, 1.54) is 6.07 Å². The molecule has 1 N–H and O–H groups in total. The highest BCUT2D eigenvalue weighted by molar-refractivity contribution is 6.32. The summed E-state index contributed by atoms with van der Waals surface area (Å²) in [6.45, 7) is 0.227. The topological polar surface area (TPSA) is 32.7 Å². The molecule has 0 amide bonds. The van der Waals surface area contributed by atoms with Gasteiger partial charge >= 0.3 is 6.61 Å². The third kappa shape index (κ3) is 6.18. The van der Waals surface area contributed by atoms with Crippen LogP contribution < -0.4 is 4.74 Å². The van der Waals surface area contributed by atoms with E-state index in [0.29, 0.717) is 13.0 Å². The molecule has 0 fully saturated rings. The maximum Gasteiger partial charge on any atom is 0.387 e. The summed E-state index contributed by atoms with van der Waals surface area (Å²) in [6.07, 6.45) is 0.337. The molecule has 0 radical (unpaired) electrons. The summed E-state index contributed by atoms with van der Waals surface area (Å²) in [6, 6.07) is 4.74. The van der Waals surface area contributed by atoms with Crippen molar-refractivity contribution in [2.45, 2.75) is 32.6 Å². The molecule has 108 valence electrons. The first-order valence-electron chi connectivity index (χ1n) is 5.98. The van der Waals surface area contributed by atoms with Crippen LogP contribution in [0.5, 0.6) is 5.75 Å². The monoisotopic (exact) mass is 293 g/mol. The standard InChI is InChI=1S/C13H18ClF2NO2/c1-9(18)5-6-17(2)8-10-3-4-12(11(14)7-10)19-13(15)16/h3-4,7,9,13,18H,5-6,8H2,1-2H3. The van der Waals surface area contributed by atoms with Crippen LogP contribution >= 0.6 is 11.6 Å². The number of ether oxygens (including phenoxy) is 1. The number of rotatable bonds is 7. The molecule has 0 saturated heterocycles. The van der Waals surface area contributed by atoms with Gasteiger partial charge in [0.15, 0.2) is 0 Å². The maximum atomic E-state index is 12.1. The Kier molecular flexibility index (Phi) is 6.48. The lowest BCUT2D eigenvalue weighted by Crippen LogP contribution is -2.22. The minimum atomic E-state index is -2.88. The van der Waals surface area contributed by atoms with Crippen molar-refractivity contribution in [3.8, 4) is 5.75 Å². The molecule has 1 aromatic rings. The molecular formula is C13H18ClF2NO2. The van der Waals surface area contributed by atoms with Crippen molar-refractivity contribution in [1.82, 2.24) is 4.90 Å². The molecule has 0 spiro atoms. The lowest BCUT2D eigenvalue weighted by Gasteiger charge is -2.18. The van der Waals surface area contributed by atoms with Crippen LogP contribution in [0.1, 0.15) is 18.9 Å². The quantitative estimate of drug-likeness (QED) is 0.838. The fourth-order valence-corrected chi connectivity index (χ4v) is 1.88. The fraction of sp³-hybridized carbons (Fsp3) is 0.538. The van der Waals surface area contributed by atoms with E-state index in [4.69, 9.17) is 11.6 Å². The van der Waals surface area contributed by atoms with Crippen molar-refractivity contribution in [3.05, 3.63) is 28.8 Å². The van der Waals surface area contributed by atoms with Crippen molar-refractivity contribution in [1.29, 1.82) is 0 Å². The van der Waals surface area contributed by atoms with Crippen LogP contribution in [0.4, 0.5) is 8.78 Å². The van der Waals surface area contributed by atoms with Crippen LogP contribution in [0.25, 0.3) is 0 Å². The molecule has 0 aromatic heterocycles. The number of nitrogens with zero attached hydrogens (tertiary/aromatic N) is 1. The normalized spacial score (nSPS) is 13.1. The van der Waals surface area contributed by atoms with Gasteiger partial charge in [-0.25, -0.2) is 0 Å². The van der Waals surface area contributed by atoms with Crippen molar-refractivity contribution in [2.24, 2.45) is 0 Å². The van der Waals surface area contributed by atoms with E-state index in [-0.39, 0.29) is 16.9 Å². The van der Waals surface area contributed by atoms with Crippen LogP contribution in [-0.2, 0) is 6.54 Å². The van der Waals surface area contributed by atoms with Gasteiger partial charge in [0.05, 0.1) is 11.1 Å². The van der Waals surface area contributed by atoms with Gasteiger partial charge in [-0.2, -0.15) is 8.78 Å². The Morgan fingerprint density at radius 1 is 1.42 bits per heavy atom. The number of hydrogen-bond acceptors (Lipinski definition) is 3. The lowest BCUT2D eigenvalue weighted by molar-refractivity contribution is -0.0498. The number of benzene rings is 1. The van der Waals surface area contributed by atoms with Crippen molar-refractivity contribution >= 4 is 11.6 Å². The van der Waals surface area contributed by atoms with Crippen molar-refractivity contribution in [2.75, 3.05) is 13.6 Å². The molecule has 0 heterocycles. The first-order chi connectivity index (χ1) is 8.88. The molecule has 0 bridgehead atoms. The summed E-state index contributed by atoms with van der Waals surface area (Å²) < 4.78 is 28.4. The van der Waals surface area contributed by atoms with E-state index in [2.05, 4.69) is 4.74 Å². The van der Waals surface area contributed by atoms with E-state index in [0.717, 1.165) is 12.1 Å². The number of aliphatic hydroxyl groups is 1. The summed E-state index contributed by atoms with van der Waals surface area (Å²) in [4.78, 5) is 2.02. The second-order valence-corrected chi connectivity index (χ2v) is 4.93. The van der Waals surface area contributed by atoms with Gasteiger partial charge in [-0.3, -0.25) is 0 Å². The zero-order valence-electron chi connectivity index (χ0n) is 10.9. The van der Waals surface area contributed by atoms with Gasteiger partial charge in [-0.1, -0.05) is 17.7 Å². The Morgan fingerprint density at radius 2 is 2.11 bits per heavy atom. The van der Waals surface area contributed by atoms with Gasteiger partial charge in [0.2, 0.25) is 0 Å². The molecule has 3 nitrogen and oxygen atoms in total. The number of aliphatic hydroxyl groups excluding tert-OH is 1. The van der Waals surface area contributed by atoms with Gasteiger partial charge in [0, 0.05) is 13.1 Å². The van der Waals surface area contributed by atoms with E-state index in [1.54, 1.807) is 19.1 Å². The Hall–Kier alpha value is -0.910. The van der Waals surface area contributed by atoms with Crippen LogP contribution in [0.2, 0.25) is 5.02 Å². The predicted octanol–water partition coefficient (Wildman–Crippen LogP) is 3.14. The second-order valence-electron chi connectivity index (χ2n) is 4.52. The highest BCUT2D eigenvalue weighted by Crippen LogP contribution is 2.27. The molecule has 1 rings (SSSR count). The average molecular weight is 294 g/mol. The molecular weight excluding hydrogens is 276 g/mol. The largest absolute Gasteiger partial charge is 0.433 e. The predicted molar refractivity (Wildman–Crippen MR) is 70.7 cm³/mol. The summed E-state index contributed by atoms with van der Waals surface area (Å²) in [7, 11) is 1.92. The highest BCUT2D eigenvalue weighted by Gasteiger charge is 2.10. The first kappa shape index (κ1) is 16.1. The number of halogens is 3. The zero-order valence-corrected chi connectivity index (χ0v) is 11.7. The smallest absolute Gasteiger partial charge is 0.387 e. The molecule has 1 unspecified atom stereocenters. The summed E-state index contributed by atoms with van der Waals surface area (Å²) in [5.74, 6) is -0.0212.